The summed E-state index contributed by atoms with van der Waals surface area (Å²) < 4.78 is 16.6. The number of fused-ring (bicyclic) bond motifs is 2. The van der Waals surface area contributed by atoms with Gasteiger partial charge in [0.25, 0.3) is 0 Å². The van der Waals surface area contributed by atoms with Gasteiger partial charge in [0, 0.05) is 24.0 Å². The number of ether oxygens (including phenoxy) is 3. The Morgan fingerprint density at radius 3 is 2.54 bits per heavy atom. The van der Waals surface area contributed by atoms with Gasteiger partial charge in [0.1, 0.15) is 17.2 Å². The summed E-state index contributed by atoms with van der Waals surface area (Å²) in [6.07, 6.45) is 0.199. The summed E-state index contributed by atoms with van der Waals surface area (Å²) in [6, 6.07) is 20.0. The fourth-order valence-electron chi connectivity index (χ4n) is 4.82. The highest BCUT2D eigenvalue weighted by atomic mass is 32.2. The number of carbonyl (C=O) groups excluding carboxylic acids is 1. The molecule has 0 saturated carbocycles. The van der Waals surface area contributed by atoms with Crippen LogP contribution in [0.15, 0.2) is 65.2 Å². The van der Waals surface area contributed by atoms with Gasteiger partial charge >= 0.3 is 0 Å². The maximum Gasteiger partial charge on any atom is 0.229 e. The molecule has 1 amide bonds. The lowest BCUT2D eigenvalue weighted by Gasteiger charge is -2.42. The summed E-state index contributed by atoms with van der Waals surface area (Å²) in [5.74, 6) is 2.24. The first-order valence-electron chi connectivity index (χ1n) is 11.2. The van der Waals surface area contributed by atoms with Crippen LogP contribution in [0.5, 0.6) is 17.2 Å². The molecule has 1 fully saturated rings. The molecule has 2 heterocycles. The number of nitriles is 1. The molecule has 35 heavy (non-hydrogen) atoms. The van der Waals surface area contributed by atoms with Gasteiger partial charge in [0.05, 0.1) is 56.2 Å². The Kier molecular flexibility index (Phi) is 6.18. The van der Waals surface area contributed by atoms with Gasteiger partial charge in [-0.1, -0.05) is 42.1 Å². The molecule has 7 nitrogen and oxygen atoms in total. The number of rotatable bonds is 5. The fraction of sp³-hybridized carbons (Fsp3) is 0.259. The van der Waals surface area contributed by atoms with Crippen molar-refractivity contribution in [1.29, 1.82) is 5.26 Å². The van der Waals surface area contributed by atoms with Gasteiger partial charge in [0.2, 0.25) is 5.91 Å². The zero-order valence-corrected chi connectivity index (χ0v) is 20.6. The molecule has 1 atom stereocenters. The van der Waals surface area contributed by atoms with Crippen LogP contribution in [0.3, 0.4) is 0 Å². The van der Waals surface area contributed by atoms with E-state index in [1.54, 1.807) is 26.2 Å². The normalized spacial score (nSPS) is 17.8. The molecule has 178 valence electrons. The first-order chi connectivity index (χ1) is 17.1. The van der Waals surface area contributed by atoms with Crippen LogP contribution >= 0.6 is 11.8 Å². The average molecular weight is 488 g/mol. The number of hydrogen-bond acceptors (Lipinski definition) is 7. The summed E-state index contributed by atoms with van der Waals surface area (Å²) >= 11 is 1.49. The standard InChI is InChI=1S/C27H25N3O4S/c1-32-18-9-10-22(24(12-18)34-3)29-15-30-25(31)13-20(21(14-28)27(30)35-16-29)26-19-7-5-4-6-17(19)8-11-23(26)33-2/h4-12,20H,13,15-16H2,1-3H3/t20-/m1/s1. The highest BCUT2D eigenvalue weighted by Crippen LogP contribution is 2.48. The SMILES string of the molecule is COc1ccc(N2CSC3=C(C#N)[C@H](c4c(OC)ccc5ccccc45)CC(=O)N3C2)c(OC)c1. The third kappa shape index (κ3) is 3.92. The zero-order chi connectivity index (χ0) is 24.5. The van der Waals surface area contributed by atoms with E-state index in [9.17, 15) is 10.1 Å². The number of methoxy groups -OCH3 is 3. The third-order valence-electron chi connectivity index (χ3n) is 6.52. The molecule has 0 bridgehead atoms. The van der Waals surface area contributed by atoms with E-state index >= 15 is 0 Å². The molecular weight excluding hydrogens is 462 g/mol. The van der Waals surface area contributed by atoms with Crippen molar-refractivity contribution in [2.75, 3.05) is 38.8 Å². The van der Waals surface area contributed by atoms with E-state index in [1.165, 1.54) is 11.8 Å². The second-order valence-electron chi connectivity index (χ2n) is 8.30. The van der Waals surface area contributed by atoms with Gasteiger partial charge < -0.3 is 19.1 Å². The van der Waals surface area contributed by atoms with E-state index in [0.29, 0.717) is 40.4 Å². The van der Waals surface area contributed by atoms with Gasteiger partial charge in [0.15, 0.2) is 0 Å². The van der Waals surface area contributed by atoms with Crippen molar-refractivity contribution >= 4 is 34.1 Å². The first-order valence-corrected chi connectivity index (χ1v) is 12.2. The van der Waals surface area contributed by atoms with Gasteiger partial charge in [-0.25, -0.2) is 0 Å². The number of amides is 1. The topological polar surface area (TPSA) is 75.0 Å². The van der Waals surface area contributed by atoms with Crippen LogP contribution in [-0.4, -0.2) is 44.7 Å². The Morgan fingerprint density at radius 2 is 1.80 bits per heavy atom. The van der Waals surface area contributed by atoms with Crippen LogP contribution < -0.4 is 19.1 Å². The molecule has 2 aliphatic rings. The number of benzene rings is 3. The summed E-state index contributed by atoms with van der Waals surface area (Å²) in [5, 5.41) is 13.0. The maximum absolute atomic E-state index is 13.5. The minimum absolute atomic E-state index is 0.0244. The molecule has 8 heteroatoms. The smallest absolute Gasteiger partial charge is 0.229 e. The molecule has 0 radical (unpaired) electrons. The van der Waals surface area contributed by atoms with Gasteiger partial charge in [-0.15, -0.1) is 0 Å². The highest BCUT2D eigenvalue weighted by Gasteiger charge is 2.40. The number of thioether (sulfide) groups is 1. The lowest BCUT2D eigenvalue weighted by molar-refractivity contribution is -0.129. The molecule has 0 unspecified atom stereocenters. The van der Waals surface area contributed by atoms with E-state index in [2.05, 4.69) is 11.0 Å². The summed E-state index contributed by atoms with van der Waals surface area (Å²) in [6.45, 7) is 0.342. The van der Waals surface area contributed by atoms with Crippen molar-refractivity contribution in [2.45, 2.75) is 12.3 Å². The molecule has 0 spiro atoms. The second-order valence-corrected chi connectivity index (χ2v) is 9.24. The van der Waals surface area contributed by atoms with E-state index in [4.69, 9.17) is 14.2 Å². The average Bonchev–Trinajstić information content (AvgIpc) is 2.91. The van der Waals surface area contributed by atoms with E-state index in [-0.39, 0.29) is 18.2 Å². The Bertz CT molecular complexity index is 1380. The minimum Gasteiger partial charge on any atom is -0.497 e. The molecular formula is C27H25N3O4S. The lowest BCUT2D eigenvalue weighted by Crippen LogP contribution is -2.47. The predicted molar refractivity (Wildman–Crippen MR) is 137 cm³/mol. The van der Waals surface area contributed by atoms with Crippen LogP contribution in [0.2, 0.25) is 0 Å². The zero-order valence-electron chi connectivity index (χ0n) is 19.8. The van der Waals surface area contributed by atoms with Gasteiger partial charge in [-0.2, -0.15) is 5.26 Å². The van der Waals surface area contributed by atoms with E-state index in [0.717, 1.165) is 22.0 Å². The summed E-state index contributed by atoms with van der Waals surface area (Å²) in [7, 11) is 4.85. The Morgan fingerprint density at radius 1 is 1.00 bits per heavy atom. The first kappa shape index (κ1) is 22.9. The molecule has 0 aliphatic carbocycles. The van der Waals surface area contributed by atoms with Crippen LogP contribution in [0.25, 0.3) is 10.8 Å². The second kappa shape index (κ2) is 9.43. The third-order valence-corrected chi connectivity index (χ3v) is 7.67. The largest absolute Gasteiger partial charge is 0.497 e. The van der Waals surface area contributed by atoms with Crippen molar-refractivity contribution in [3.8, 4) is 23.3 Å². The van der Waals surface area contributed by atoms with Crippen molar-refractivity contribution < 1.29 is 19.0 Å². The minimum atomic E-state index is -0.366. The number of carbonyl (C=O) groups is 1. The summed E-state index contributed by atoms with van der Waals surface area (Å²) in [5.41, 5.74) is 2.36. The van der Waals surface area contributed by atoms with Gasteiger partial charge in [-0.3, -0.25) is 9.69 Å². The van der Waals surface area contributed by atoms with Crippen LogP contribution in [0.4, 0.5) is 5.69 Å². The molecule has 3 aromatic carbocycles. The molecule has 5 rings (SSSR count). The fourth-order valence-corrected chi connectivity index (χ4v) is 5.98. The van der Waals surface area contributed by atoms with Crippen LogP contribution in [0.1, 0.15) is 17.9 Å². The number of nitrogens with zero attached hydrogens (tertiary/aromatic N) is 3. The van der Waals surface area contributed by atoms with Crippen molar-refractivity contribution in [3.63, 3.8) is 0 Å². The van der Waals surface area contributed by atoms with Crippen molar-refractivity contribution in [3.05, 3.63) is 70.8 Å². The number of hydrogen-bond donors (Lipinski definition) is 0. The van der Waals surface area contributed by atoms with Crippen molar-refractivity contribution in [1.82, 2.24) is 4.90 Å². The van der Waals surface area contributed by atoms with Crippen LogP contribution in [-0.2, 0) is 4.79 Å². The van der Waals surface area contributed by atoms with Gasteiger partial charge in [-0.05, 0) is 29.0 Å². The monoisotopic (exact) mass is 487 g/mol. The maximum atomic E-state index is 13.5. The molecule has 0 aromatic heterocycles. The summed E-state index contributed by atoms with van der Waals surface area (Å²) in [4.78, 5) is 17.3. The highest BCUT2D eigenvalue weighted by molar-refractivity contribution is 8.03. The quantitative estimate of drug-likeness (QED) is 0.496. The molecule has 1 saturated heterocycles. The van der Waals surface area contributed by atoms with E-state index < -0.39 is 0 Å². The molecule has 0 N–H and O–H groups in total. The van der Waals surface area contributed by atoms with E-state index in [1.807, 2.05) is 54.6 Å². The Balaban J connectivity index is 1.55. The number of anilines is 1. The lowest BCUT2D eigenvalue weighted by atomic mass is 9.83. The Labute approximate surface area is 208 Å². The molecule has 2 aliphatic heterocycles. The number of allylic oxidation sites excluding steroid dienone is 1. The Hall–Kier alpha value is -3.83. The van der Waals surface area contributed by atoms with Crippen molar-refractivity contribution in [2.24, 2.45) is 0 Å². The molecule has 3 aromatic rings. The van der Waals surface area contributed by atoms with Crippen LogP contribution in [0, 0.1) is 11.3 Å². The predicted octanol–water partition coefficient (Wildman–Crippen LogP) is 5.09.